The molecule has 1 aliphatic heterocycles. The normalized spacial score (nSPS) is 18.9. The summed E-state index contributed by atoms with van der Waals surface area (Å²) in [5, 5.41) is 6.03. The van der Waals surface area contributed by atoms with Gasteiger partial charge in [-0.3, -0.25) is 5.10 Å². The van der Waals surface area contributed by atoms with Crippen LogP contribution in [0.4, 0.5) is 5.69 Å². The van der Waals surface area contributed by atoms with Crippen molar-refractivity contribution in [3.05, 3.63) is 6.20 Å². The van der Waals surface area contributed by atoms with Crippen LogP contribution in [0.15, 0.2) is 11.2 Å². The Morgan fingerprint density at radius 3 is 2.57 bits per heavy atom. The maximum atomic E-state index is 11.9. The lowest BCUT2D eigenvalue weighted by atomic mass is 10.4. The Hall–Kier alpha value is -1.08. The standard InChI is InChI=1S/C7H12N4O2S/c8-6-5-9-10-7(6)14(12,13)11-3-1-2-4-11/h5H,1-4,8H2,(H,9,10). The zero-order valence-corrected chi connectivity index (χ0v) is 8.42. The van der Waals surface area contributed by atoms with Crippen molar-refractivity contribution in [1.82, 2.24) is 14.5 Å². The van der Waals surface area contributed by atoms with Gasteiger partial charge in [-0.15, -0.1) is 0 Å². The molecule has 1 fully saturated rings. The topological polar surface area (TPSA) is 92.1 Å². The average Bonchev–Trinajstić information content (AvgIpc) is 2.72. The molecule has 0 radical (unpaired) electrons. The maximum absolute atomic E-state index is 11.9. The zero-order valence-electron chi connectivity index (χ0n) is 7.60. The van der Waals surface area contributed by atoms with Gasteiger partial charge in [0.15, 0.2) is 5.03 Å². The maximum Gasteiger partial charge on any atom is 0.262 e. The smallest absolute Gasteiger partial charge is 0.262 e. The van der Waals surface area contributed by atoms with Gasteiger partial charge in [-0.2, -0.15) is 9.40 Å². The second-order valence-electron chi connectivity index (χ2n) is 3.27. The fraction of sp³-hybridized carbons (Fsp3) is 0.571. The van der Waals surface area contributed by atoms with Crippen LogP contribution in [0.1, 0.15) is 12.8 Å². The molecule has 0 aromatic carbocycles. The largest absolute Gasteiger partial charge is 0.395 e. The Balaban J connectivity index is 2.37. The summed E-state index contributed by atoms with van der Waals surface area (Å²) in [6.45, 7) is 1.14. The van der Waals surface area contributed by atoms with Crippen LogP contribution in [0.5, 0.6) is 0 Å². The lowest BCUT2D eigenvalue weighted by molar-refractivity contribution is 0.474. The molecule has 6 nitrogen and oxygen atoms in total. The van der Waals surface area contributed by atoms with E-state index in [2.05, 4.69) is 10.2 Å². The third-order valence-electron chi connectivity index (χ3n) is 2.29. The molecule has 2 rings (SSSR count). The number of H-pyrrole nitrogens is 1. The number of nitrogen functional groups attached to an aromatic ring is 1. The summed E-state index contributed by atoms with van der Waals surface area (Å²) in [6, 6.07) is 0. The minimum Gasteiger partial charge on any atom is -0.395 e. The van der Waals surface area contributed by atoms with E-state index in [4.69, 9.17) is 5.73 Å². The molecule has 1 saturated heterocycles. The third-order valence-corrected chi connectivity index (χ3v) is 4.18. The van der Waals surface area contributed by atoms with E-state index in [-0.39, 0.29) is 10.7 Å². The Bertz CT molecular complexity index is 419. The van der Waals surface area contributed by atoms with E-state index in [1.165, 1.54) is 10.5 Å². The van der Waals surface area contributed by atoms with Crippen LogP contribution in [-0.4, -0.2) is 36.0 Å². The second kappa shape index (κ2) is 3.25. The number of aromatic nitrogens is 2. The molecule has 0 atom stereocenters. The average molecular weight is 216 g/mol. The first-order valence-corrected chi connectivity index (χ1v) is 5.85. The van der Waals surface area contributed by atoms with Gasteiger partial charge >= 0.3 is 0 Å². The van der Waals surface area contributed by atoms with Crippen LogP contribution >= 0.6 is 0 Å². The molecule has 2 heterocycles. The second-order valence-corrected chi connectivity index (χ2v) is 5.14. The minimum atomic E-state index is -3.44. The SMILES string of the molecule is Nc1cn[nH]c1S(=O)(=O)N1CCCC1. The number of nitrogens with one attached hydrogen (secondary N) is 1. The van der Waals surface area contributed by atoms with Gasteiger partial charge in [0.1, 0.15) is 0 Å². The number of rotatable bonds is 2. The molecule has 0 aliphatic carbocycles. The summed E-state index contributed by atoms with van der Waals surface area (Å²) in [4.78, 5) is 0. The number of nitrogens with zero attached hydrogens (tertiary/aromatic N) is 2. The highest BCUT2D eigenvalue weighted by molar-refractivity contribution is 7.89. The predicted octanol–water partition coefficient (Wildman–Crippen LogP) is -0.224. The highest BCUT2D eigenvalue weighted by Gasteiger charge is 2.29. The lowest BCUT2D eigenvalue weighted by Crippen LogP contribution is -2.28. The summed E-state index contributed by atoms with van der Waals surface area (Å²) in [5.74, 6) is 0. The lowest BCUT2D eigenvalue weighted by Gasteiger charge is -2.13. The first kappa shape index (κ1) is 9.47. The highest BCUT2D eigenvalue weighted by atomic mass is 32.2. The van der Waals surface area contributed by atoms with Crippen molar-refractivity contribution in [1.29, 1.82) is 0 Å². The summed E-state index contributed by atoms with van der Waals surface area (Å²) in [5.41, 5.74) is 5.67. The van der Waals surface area contributed by atoms with E-state index in [0.29, 0.717) is 13.1 Å². The number of hydrogen-bond donors (Lipinski definition) is 2. The molecule has 3 N–H and O–H groups in total. The Kier molecular flexibility index (Phi) is 2.20. The molecule has 0 saturated carbocycles. The summed E-state index contributed by atoms with van der Waals surface area (Å²) in [7, 11) is -3.44. The molecule has 14 heavy (non-hydrogen) atoms. The summed E-state index contributed by atoms with van der Waals surface area (Å²) >= 11 is 0. The molecule has 1 aliphatic rings. The number of aromatic amines is 1. The third kappa shape index (κ3) is 1.38. The quantitative estimate of drug-likeness (QED) is 0.714. The van der Waals surface area contributed by atoms with Crippen LogP contribution in [0, 0.1) is 0 Å². The van der Waals surface area contributed by atoms with Gasteiger partial charge in [0, 0.05) is 13.1 Å². The van der Waals surface area contributed by atoms with Crippen LogP contribution < -0.4 is 5.73 Å². The summed E-state index contributed by atoms with van der Waals surface area (Å²) < 4.78 is 25.2. The van der Waals surface area contributed by atoms with Crippen LogP contribution in [-0.2, 0) is 10.0 Å². The Labute approximate surface area is 82.1 Å². The Morgan fingerprint density at radius 2 is 2.07 bits per heavy atom. The van der Waals surface area contributed by atoms with E-state index in [9.17, 15) is 8.42 Å². The van der Waals surface area contributed by atoms with E-state index >= 15 is 0 Å². The summed E-state index contributed by atoms with van der Waals surface area (Å²) in [6.07, 6.45) is 3.13. The molecule has 7 heteroatoms. The van der Waals surface area contributed by atoms with E-state index in [0.717, 1.165) is 12.8 Å². The van der Waals surface area contributed by atoms with E-state index in [1.54, 1.807) is 0 Å². The predicted molar refractivity (Wildman–Crippen MR) is 51.0 cm³/mol. The number of anilines is 1. The van der Waals surface area contributed by atoms with Crippen molar-refractivity contribution in [3.63, 3.8) is 0 Å². The number of nitrogens with two attached hydrogens (primary N) is 1. The molecule has 0 spiro atoms. The highest BCUT2D eigenvalue weighted by Crippen LogP contribution is 2.22. The fourth-order valence-electron chi connectivity index (χ4n) is 1.55. The van der Waals surface area contributed by atoms with Gasteiger partial charge in [-0.25, -0.2) is 8.42 Å². The first-order valence-electron chi connectivity index (χ1n) is 4.41. The van der Waals surface area contributed by atoms with Crippen molar-refractivity contribution in [2.75, 3.05) is 18.8 Å². The molecule has 0 bridgehead atoms. The van der Waals surface area contributed by atoms with Gasteiger partial charge in [0.25, 0.3) is 10.0 Å². The fourth-order valence-corrected chi connectivity index (χ4v) is 3.06. The first-order chi connectivity index (χ1) is 6.62. The van der Waals surface area contributed by atoms with Crippen molar-refractivity contribution in [2.45, 2.75) is 17.9 Å². The van der Waals surface area contributed by atoms with Crippen LogP contribution in [0.25, 0.3) is 0 Å². The zero-order chi connectivity index (χ0) is 10.2. The molecule has 1 aromatic rings. The molecule has 0 amide bonds. The van der Waals surface area contributed by atoms with Gasteiger partial charge < -0.3 is 5.73 Å². The minimum absolute atomic E-state index is 0.0133. The van der Waals surface area contributed by atoms with Gasteiger partial charge in [0.2, 0.25) is 0 Å². The van der Waals surface area contributed by atoms with Gasteiger partial charge in [0.05, 0.1) is 11.9 Å². The number of hydrogen-bond acceptors (Lipinski definition) is 4. The van der Waals surface area contributed by atoms with E-state index in [1.807, 2.05) is 0 Å². The molecular formula is C7H12N4O2S. The van der Waals surface area contributed by atoms with Crippen LogP contribution in [0.3, 0.4) is 0 Å². The molecule has 78 valence electrons. The van der Waals surface area contributed by atoms with Crippen molar-refractivity contribution in [3.8, 4) is 0 Å². The van der Waals surface area contributed by atoms with Gasteiger partial charge in [-0.05, 0) is 12.8 Å². The van der Waals surface area contributed by atoms with Crippen molar-refractivity contribution >= 4 is 15.7 Å². The molecule has 1 aromatic heterocycles. The van der Waals surface area contributed by atoms with Gasteiger partial charge in [-0.1, -0.05) is 0 Å². The van der Waals surface area contributed by atoms with Crippen molar-refractivity contribution in [2.24, 2.45) is 0 Å². The van der Waals surface area contributed by atoms with E-state index < -0.39 is 10.0 Å². The molecule has 0 unspecified atom stereocenters. The monoisotopic (exact) mass is 216 g/mol. The van der Waals surface area contributed by atoms with Crippen molar-refractivity contribution < 1.29 is 8.42 Å². The van der Waals surface area contributed by atoms with Crippen LogP contribution in [0.2, 0.25) is 0 Å². The number of sulfonamides is 1. The Morgan fingerprint density at radius 1 is 1.43 bits per heavy atom. The molecular weight excluding hydrogens is 204 g/mol.